The van der Waals surface area contributed by atoms with Crippen molar-refractivity contribution in [2.75, 3.05) is 26.4 Å². The minimum atomic E-state index is -3.17. The van der Waals surface area contributed by atoms with Gasteiger partial charge in [-0.15, -0.1) is 0 Å². The molecule has 0 rings (SSSR count). The summed E-state index contributed by atoms with van der Waals surface area (Å²) in [5.41, 5.74) is 5.49. The molecule has 0 aliphatic carbocycles. The summed E-state index contributed by atoms with van der Waals surface area (Å²) in [5.74, 6) is 0. The molecule has 0 atom stereocenters. The van der Waals surface area contributed by atoms with E-state index in [9.17, 15) is 0 Å². The molecule has 0 aromatic carbocycles. The zero-order chi connectivity index (χ0) is 10.9. The summed E-state index contributed by atoms with van der Waals surface area (Å²) in [5, 5.41) is 0. The van der Waals surface area contributed by atoms with Crippen molar-refractivity contribution < 1.29 is 30.0 Å². The molecule has 0 aromatic rings. The molecule has 2 N–H and O–H groups in total. The van der Waals surface area contributed by atoms with Crippen molar-refractivity contribution in [1.29, 1.82) is 0 Å². The molecule has 0 saturated heterocycles. The van der Waals surface area contributed by atoms with Gasteiger partial charge >= 0.3 is 93.4 Å². The number of hydrogen-bond donors (Lipinski definition) is 1. The van der Waals surface area contributed by atoms with Crippen molar-refractivity contribution >= 4 is 0 Å². The Hall–Kier alpha value is 0.723. The van der Waals surface area contributed by atoms with Gasteiger partial charge in [0, 0.05) is 0 Å². The Balaban J connectivity index is 4.21. The van der Waals surface area contributed by atoms with Gasteiger partial charge in [-0.05, 0) is 0 Å². The summed E-state index contributed by atoms with van der Waals surface area (Å²) in [6.45, 7) is 8.61. The van der Waals surface area contributed by atoms with Crippen molar-refractivity contribution in [3.05, 3.63) is 0 Å². The van der Waals surface area contributed by atoms with Crippen LogP contribution in [0, 0.1) is 0 Å². The average molecular weight is 285 g/mol. The summed E-state index contributed by atoms with van der Waals surface area (Å²) in [6, 6.07) is 0. The van der Waals surface area contributed by atoms with E-state index in [1.807, 2.05) is 20.8 Å². The van der Waals surface area contributed by atoms with Crippen molar-refractivity contribution in [3.8, 4) is 0 Å². The molecule has 0 aliphatic rings. The van der Waals surface area contributed by atoms with E-state index in [-0.39, 0.29) is 0 Å². The summed E-state index contributed by atoms with van der Waals surface area (Å²) < 4.78 is 18.1. The molecule has 5 heteroatoms. The van der Waals surface area contributed by atoms with Gasteiger partial charge in [-0.25, -0.2) is 0 Å². The first-order valence-corrected chi connectivity index (χ1v) is 10.1. The van der Waals surface area contributed by atoms with E-state index in [2.05, 4.69) is 0 Å². The fraction of sp³-hybridized carbons (Fsp3) is 1.00. The third-order valence-electron chi connectivity index (χ3n) is 1.78. The van der Waals surface area contributed by atoms with Crippen LogP contribution in [-0.4, -0.2) is 26.4 Å². The van der Waals surface area contributed by atoms with Crippen LogP contribution in [0.5, 0.6) is 0 Å². The maximum absolute atomic E-state index is 5.72. The third-order valence-corrected chi connectivity index (χ3v) is 9.53. The Morgan fingerprint density at radius 2 is 1.36 bits per heavy atom. The van der Waals surface area contributed by atoms with Crippen molar-refractivity contribution in [3.63, 3.8) is 0 Å². The van der Waals surface area contributed by atoms with Crippen LogP contribution in [0.3, 0.4) is 0 Å². The predicted octanol–water partition coefficient (Wildman–Crippen LogP) is 1.76. The summed E-state index contributed by atoms with van der Waals surface area (Å²) in [7, 11) is 0. The average Bonchev–Trinajstić information content (AvgIpc) is 2.16. The van der Waals surface area contributed by atoms with Crippen LogP contribution in [0.1, 0.15) is 27.2 Å². The zero-order valence-electron chi connectivity index (χ0n) is 9.54. The molecule has 14 heavy (non-hydrogen) atoms. The summed E-state index contributed by atoms with van der Waals surface area (Å²) >= 11 is -3.17. The first-order valence-electron chi connectivity index (χ1n) is 5.36. The topological polar surface area (TPSA) is 53.7 Å². The maximum atomic E-state index is 5.72. The summed E-state index contributed by atoms with van der Waals surface area (Å²) in [4.78, 5) is 0. The summed E-state index contributed by atoms with van der Waals surface area (Å²) in [6.07, 6.45) is 0.927. The molecule has 86 valence electrons. The van der Waals surface area contributed by atoms with Crippen LogP contribution in [0.15, 0.2) is 0 Å². The molecule has 0 amide bonds. The molecular formula is C9H23NO3Zr. The number of hydrogen-bond acceptors (Lipinski definition) is 4. The first-order chi connectivity index (χ1) is 6.74. The van der Waals surface area contributed by atoms with E-state index in [0.29, 0.717) is 26.4 Å². The zero-order valence-corrected chi connectivity index (χ0v) is 12.0. The van der Waals surface area contributed by atoms with Crippen LogP contribution in [0.2, 0.25) is 4.13 Å². The normalized spacial score (nSPS) is 12.0. The Kier molecular flexibility index (Phi) is 9.45. The Morgan fingerprint density at radius 1 is 0.929 bits per heavy atom. The standard InChI is InChI=1S/C3H8N.3C2H5O.Zr/c1-2-3-4;3*1-2-3;/h1-4H2;3*2H2,1H3;/q;3*-1;+3. The van der Waals surface area contributed by atoms with E-state index < -0.39 is 21.6 Å². The Bertz CT molecular complexity index is 118. The van der Waals surface area contributed by atoms with Gasteiger partial charge in [-0.1, -0.05) is 0 Å². The van der Waals surface area contributed by atoms with Crippen LogP contribution in [0.25, 0.3) is 0 Å². The molecule has 0 radical (unpaired) electrons. The van der Waals surface area contributed by atoms with Gasteiger partial charge in [-0.3, -0.25) is 0 Å². The van der Waals surface area contributed by atoms with Gasteiger partial charge < -0.3 is 0 Å². The second-order valence-electron chi connectivity index (χ2n) is 2.87. The van der Waals surface area contributed by atoms with Gasteiger partial charge in [0.2, 0.25) is 0 Å². The van der Waals surface area contributed by atoms with Gasteiger partial charge in [0.15, 0.2) is 0 Å². The molecule has 0 heterocycles. The van der Waals surface area contributed by atoms with Crippen LogP contribution < -0.4 is 5.73 Å². The molecular weight excluding hydrogens is 261 g/mol. The van der Waals surface area contributed by atoms with E-state index >= 15 is 0 Å². The van der Waals surface area contributed by atoms with Crippen molar-refractivity contribution in [1.82, 2.24) is 0 Å². The Labute approximate surface area is 93.4 Å². The van der Waals surface area contributed by atoms with Gasteiger partial charge in [0.05, 0.1) is 0 Å². The van der Waals surface area contributed by atoms with Gasteiger partial charge in [0.25, 0.3) is 0 Å². The van der Waals surface area contributed by atoms with Crippen LogP contribution >= 0.6 is 0 Å². The van der Waals surface area contributed by atoms with E-state index in [1.165, 1.54) is 0 Å². The molecule has 4 nitrogen and oxygen atoms in total. The molecule has 0 saturated carbocycles. The molecule has 0 aromatic heterocycles. The van der Waals surface area contributed by atoms with Crippen molar-refractivity contribution in [2.45, 2.75) is 31.3 Å². The molecule has 0 bridgehead atoms. The van der Waals surface area contributed by atoms with E-state index in [4.69, 9.17) is 14.2 Å². The van der Waals surface area contributed by atoms with Crippen LogP contribution in [0.4, 0.5) is 0 Å². The van der Waals surface area contributed by atoms with Crippen molar-refractivity contribution in [2.24, 2.45) is 5.73 Å². The quantitative estimate of drug-likeness (QED) is 0.701. The van der Waals surface area contributed by atoms with E-state index in [1.54, 1.807) is 0 Å². The van der Waals surface area contributed by atoms with Gasteiger partial charge in [-0.2, -0.15) is 0 Å². The minimum absolute atomic E-state index is 0.667. The van der Waals surface area contributed by atoms with Crippen LogP contribution in [-0.2, 0) is 30.0 Å². The number of nitrogens with two attached hydrogens (primary N) is 1. The monoisotopic (exact) mass is 283 g/mol. The molecule has 0 fully saturated rings. The predicted molar refractivity (Wildman–Crippen MR) is 53.4 cm³/mol. The first kappa shape index (κ1) is 14.7. The fourth-order valence-electron chi connectivity index (χ4n) is 1.32. The molecule has 0 spiro atoms. The second kappa shape index (κ2) is 8.99. The van der Waals surface area contributed by atoms with Gasteiger partial charge in [0.1, 0.15) is 0 Å². The Morgan fingerprint density at radius 3 is 1.64 bits per heavy atom. The molecule has 0 aliphatic heterocycles. The SMILES string of the molecule is CC[O][Zr]([CH2]CCN)([O]CC)[O]CC. The number of rotatable bonds is 9. The third kappa shape index (κ3) is 5.57. The molecule has 0 unspecified atom stereocenters. The van der Waals surface area contributed by atoms with E-state index in [0.717, 1.165) is 10.5 Å². The second-order valence-corrected chi connectivity index (χ2v) is 9.59. The fourth-order valence-corrected chi connectivity index (χ4v) is 7.81.